The van der Waals surface area contributed by atoms with Crippen molar-refractivity contribution in [3.05, 3.63) is 23.3 Å². The van der Waals surface area contributed by atoms with Gasteiger partial charge in [0, 0.05) is 38.4 Å². The highest BCUT2D eigenvalue weighted by Crippen LogP contribution is 2.22. The maximum Gasteiger partial charge on any atom is 0.134 e. The number of hydrogen-bond acceptors (Lipinski definition) is 5. The number of nitrogens with one attached hydrogen (secondary N) is 1. The average molecular weight is 265 g/mol. The molecule has 0 bridgehead atoms. The van der Waals surface area contributed by atoms with Crippen LogP contribution in [0.2, 0.25) is 0 Å². The number of rotatable bonds is 6. The molecular weight excluding hydrogens is 242 g/mol. The molecule has 0 aromatic carbocycles. The molecule has 0 spiro atoms. The molecule has 1 aliphatic rings. The number of methoxy groups -OCH3 is 1. The van der Waals surface area contributed by atoms with Crippen LogP contribution >= 0.6 is 0 Å². The van der Waals surface area contributed by atoms with Crippen molar-refractivity contribution in [3.8, 4) is 0 Å². The highest BCUT2D eigenvalue weighted by atomic mass is 16.5. The topological polar surface area (TPSA) is 56.3 Å². The van der Waals surface area contributed by atoms with E-state index in [9.17, 15) is 0 Å². The molecule has 2 rings (SSSR count). The fraction of sp³-hybridized carbons (Fsp3) is 0.714. The second-order valence-corrected chi connectivity index (χ2v) is 4.94. The Morgan fingerprint density at radius 1 is 1.47 bits per heavy atom. The third kappa shape index (κ3) is 4.53. The van der Waals surface area contributed by atoms with Crippen LogP contribution in [0.15, 0.2) is 6.07 Å². The number of aryl methyl sites for hydroxylation is 1. The molecule has 106 valence electrons. The van der Waals surface area contributed by atoms with Gasteiger partial charge in [0.2, 0.25) is 0 Å². The molecule has 5 heteroatoms. The fourth-order valence-corrected chi connectivity index (χ4v) is 2.27. The summed E-state index contributed by atoms with van der Waals surface area (Å²) in [6.45, 7) is 5.95. The van der Waals surface area contributed by atoms with Crippen LogP contribution in [0.4, 0.5) is 0 Å². The SMILES string of the molecule is COCCNCc1cc(C)nc(C2CCCOC2)n1. The molecule has 5 nitrogen and oxygen atoms in total. The van der Waals surface area contributed by atoms with Gasteiger partial charge in [0.05, 0.1) is 18.9 Å². The van der Waals surface area contributed by atoms with Gasteiger partial charge in [-0.2, -0.15) is 0 Å². The van der Waals surface area contributed by atoms with Gasteiger partial charge in [0.1, 0.15) is 5.82 Å². The van der Waals surface area contributed by atoms with Crippen LogP contribution in [0.3, 0.4) is 0 Å². The van der Waals surface area contributed by atoms with Crippen LogP contribution in [-0.4, -0.2) is 43.4 Å². The summed E-state index contributed by atoms with van der Waals surface area (Å²) >= 11 is 0. The summed E-state index contributed by atoms with van der Waals surface area (Å²) in [5.41, 5.74) is 2.07. The molecule has 0 aliphatic carbocycles. The minimum absolute atomic E-state index is 0.353. The lowest BCUT2D eigenvalue weighted by molar-refractivity contribution is 0.0779. The van der Waals surface area contributed by atoms with Crippen LogP contribution < -0.4 is 5.32 Å². The summed E-state index contributed by atoms with van der Waals surface area (Å²) in [6, 6.07) is 2.03. The van der Waals surface area contributed by atoms with Crippen LogP contribution in [-0.2, 0) is 16.0 Å². The van der Waals surface area contributed by atoms with E-state index in [0.717, 1.165) is 56.4 Å². The molecule has 1 N–H and O–H groups in total. The smallest absolute Gasteiger partial charge is 0.134 e. The molecule has 1 aromatic rings. The average Bonchev–Trinajstić information content (AvgIpc) is 2.44. The Bertz CT molecular complexity index is 392. The first kappa shape index (κ1) is 14.4. The van der Waals surface area contributed by atoms with Gasteiger partial charge in [0.25, 0.3) is 0 Å². The van der Waals surface area contributed by atoms with Gasteiger partial charge >= 0.3 is 0 Å². The number of aromatic nitrogens is 2. The predicted octanol–water partition coefficient (Wildman–Crippen LogP) is 1.42. The first-order valence-electron chi connectivity index (χ1n) is 6.91. The molecular formula is C14H23N3O2. The fourth-order valence-electron chi connectivity index (χ4n) is 2.27. The van der Waals surface area contributed by atoms with Gasteiger partial charge < -0.3 is 14.8 Å². The second kappa shape index (κ2) is 7.53. The predicted molar refractivity (Wildman–Crippen MR) is 73.1 cm³/mol. The summed E-state index contributed by atoms with van der Waals surface area (Å²) in [4.78, 5) is 9.22. The highest BCUT2D eigenvalue weighted by molar-refractivity contribution is 5.12. The van der Waals surface area contributed by atoms with Gasteiger partial charge in [-0.3, -0.25) is 0 Å². The maximum absolute atomic E-state index is 5.52. The summed E-state index contributed by atoms with van der Waals surface area (Å²) in [5.74, 6) is 1.29. The highest BCUT2D eigenvalue weighted by Gasteiger charge is 2.19. The van der Waals surface area contributed by atoms with Gasteiger partial charge in [-0.25, -0.2) is 9.97 Å². The van der Waals surface area contributed by atoms with E-state index in [-0.39, 0.29) is 0 Å². The van der Waals surface area contributed by atoms with E-state index in [1.54, 1.807) is 7.11 Å². The zero-order valence-electron chi connectivity index (χ0n) is 11.8. The van der Waals surface area contributed by atoms with Crippen molar-refractivity contribution in [1.29, 1.82) is 0 Å². The Morgan fingerprint density at radius 2 is 2.37 bits per heavy atom. The van der Waals surface area contributed by atoms with Crippen molar-refractivity contribution in [2.75, 3.05) is 33.5 Å². The van der Waals surface area contributed by atoms with Crippen LogP contribution in [0.5, 0.6) is 0 Å². The van der Waals surface area contributed by atoms with Gasteiger partial charge in [-0.05, 0) is 25.8 Å². The molecule has 0 radical (unpaired) electrons. The monoisotopic (exact) mass is 265 g/mol. The maximum atomic E-state index is 5.52. The van der Waals surface area contributed by atoms with Crippen molar-refractivity contribution in [2.24, 2.45) is 0 Å². The zero-order valence-corrected chi connectivity index (χ0v) is 11.8. The van der Waals surface area contributed by atoms with Crippen molar-refractivity contribution in [3.63, 3.8) is 0 Å². The second-order valence-electron chi connectivity index (χ2n) is 4.94. The molecule has 1 aliphatic heterocycles. The molecule has 1 aromatic heterocycles. The normalized spacial score (nSPS) is 19.6. The Labute approximate surface area is 114 Å². The largest absolute Gasteiger partial charge is 0.383 e. The quantitative estimate of drug-likeness (QED) is 0.788. The third-order valence-corrected chi connectivity index (χ3v) is 3.24. The van der Waals surface area contributed by atoms with E-state index >= 15 is 0 Å². The lowest BCUT2D eigenvalue weighted by Gasteiger charge is -2.21. The standard InChI is InChI=1S/C14H23N3O2/c1-11-8-13(9-15-5-7-18-2)17-14(16-11)12-4-3-6-19-10-12/h8,12,15H,3-7,9-10H2,1-2H3. The van der Waals surface area contributed by atoms with Crippen molar-refractivity contribution < 1.29 is 9.47 Å². The minimum Gasteiger partial charge on any atom is -0.383 e. The number of hydrogen-bond donors (Lipinski definition) is 1. The lowest BCUT2D eigenvalue weighted by atomic mass is 10.0. The molecule has 1 atom stereocenters. The van der Waals surface area contributed by atoms with Crippen LogP contribution in [0.25, 0.3) is 0 Å². The molecule has 0 saturated carbocycles. The van der Waals surface area contributed by atoms with Crippen LogP contribution in [0, 0.1) is 6.92 Å². The number of nitrogens with zero attached hydrogens (tertiary/aromatic N) is 2. The van der Waals surface area contributed by atoms with Crippen LogP contribution in [0.1, 0.15) is 36.0 Å². The first-order valence-corrected chi connectivity index (χ1v) is 6.91. The van der Waals surface area contributed by atoms with Gasteiger partial charge in [-0.15, -0.1) is 0 Å². The van der Waals surface area contributed by atoms with Crippen molar-refractivity contribution in [1.82, 2.24) is 15.3 Å². The first-order chi connectivity index (χ1) is 9.29. The van der Waals surface area contributed by atoms with E-state index in [4.69, 9.17) is 9.47 Å². The molecule has 1 saturated heterocycles. The zero-order chi connectivity index (χ0) is 13.5. The molecule has 1 unspecified atom stereocenters. The molecule has 0 amide bonds. The van der Waals surface area contributed by atoms with E-state index in [2.05, 4.69) is 15.3 Å². The van der Waals surface area contributed by atoms with E-state index in [1.807, 2.05) is 13.0 Å². The minimum atomic E-state index is 0.353. The van der Waals surface area contributed by atoms with E-state index in [1.165, 1.54) is 0 Å². The summed E-state index contributed by atoms with van der Waals surface area (Å²) in [5, 5.41) is 3.31. The Hall–Kier alpha value is -1.04. The summed E-state index contributed by atoms with van der Waals surface area (Å²) in [7, 11) is 1.71. The third-order valence-electron chi connectivity index (χ3n) is 3.24. The van der Waals surface area contributed by atoms with E-state index < -0.39 is 0 Å². The van der Waals surface area contributed by atoms with E-state index in [0.29, 0.717) is 12.5 Å². The summed E-state index contributed by atoms with van der Waals surface area (Å²) < 4.78 is 10.5. The van der Waals surface area contributed by atoms with Crippen molar-refractivity contribution in [2.45, 2.75) is 32.2 Å². The molecule has 19 heavy (non-hydrogen) atoms. The molecule has 1 fully saturated rings. The van der Waals surface area contributed by atoms with Crippen molar-refractivity contribution >= 4 is 0 Å². The lowest BCUT2D eigenvalue weighted by Crippen LogP contribution is -2.22. The molecule has 2 heterocycles. The van der Waals surface area contributed by atoms with Gasteiger partial charge in [-0.1, -0.05) is 0 Å². The Balaban J connectivity index is 1.97. The Kier molecular flexibility index (Phi) is 5.69. The van der Waals surface area contributed by atoms with Gasteiger partial charge in [0.15, 0.2) is 0 Å². The Morgan fingerprint density at radius 3 is 3.11 bits per heavy atom. The number of ether oxygens (including phenoxy) is 2. The summed E-state index contributed by atoms with van der Waals surface area (Å²) in [6.07, 6.45) is 2.23.